The second-order valence-corrected chi connectivity index (χ2v) is 3.87. The van der Waals surface area contributed by atoms with Crippen LogP contribution in [0.2, 0.25) is 0 Å². The van der Waals surface area contributed by atoms with Crippen molar-refractivity contribution in [3.8, 4) is 5.75 Å². The number of carbonyl (C=O) groups is 1. The van der Waals surface area contributed by atoms with Gasteiger partial charge in [0.15, 0.2) is 0 Å². The van der Waals surface area contributed by atoms with Gasteiger partial charge in [-0.1, -0.05) is 12.1 Å². The summed E-state index contributed by atoms with van der Waals surface area (Å²) >= 11 is 0. The summed E-state index contributed by atoms with van der Waals surface area (Å²) < 4.78 is 24.5. The fourth-order valence-corrected chi connectivity index (χ4v) is 1.31. The van der Waals surface area contributed by atoms with Gasteiger partial charge >= 0.3 is 6.16 Å². The molecule has 1 aromatic rings. The van der Waals surface area contributed by atoms with Gasteiger partial charge in [-0.15, -0.1) is 0 Å². The van der Waals surface area contributed by atoms with E-state index >= 15 is 0 Å². The largest absolute Gasteiger partial charge is 0.567 e. The molecule has 0 aliphatic carbocycles. The van der Waals surface area contributed by atoms with Crippen molar-refractivity contribution in [3.05, 3.63) is 36.4 Å². The summed E-state index contributed by atoms with van der Waals surface area (Å²) in [5.41, 5.74) is 0.957. The van der Waals surface area contributed by atoms with E-state index < -0.39 is 6.16 Å². The summed E-state index contributed by atoms with van der Waals surface area (Å²) in [7, 11) is 1.56. The second kappa shape index (κ2) is 9.08. The van der Waals surface area contributed by atoms with Gasteiger partial charge in [-0.2, -0.15) is 6.61 Å². The molecule has 0 saturated carbocycles. The number of carbonyl (C=O) groups excluding carboxylic acids is 1. The van der Waals surface area contributed by atoms with Crippen LogP contribution in [0.4, 0.5) is 4.79 Å². The van der Waals surface area contributed by atoms with Crippen LogP contribution in [0.25, 0.3) is 0 Å². The van der Waals surface area contributed by atoms with Crippen molar-refractivity contribution in [2.24, 2.45) is 0 Å². The van der Waals surface area contributed by atoms with Crippen LogP contribution >= 0.6 is 0 Å². The molecule has 7 heteroatoms. The maximum Gasteiger partial charge on any atom is 0.513 e. The van der Waals surface area contributed by atoms with Crippen LogP contribution in [0.1, 0.15) is 5.56 Å². The second-order valence-electron chi connectivity index (χ2n) is 3.87. The number of rotatable bonds is 7. The molecule has 1 atom stereocenters. The summed E-state index contributed by atoms with van der Waals surface area (Å²) in [6.07, 6.45) is -0.833. The van der Waals surface area contributed by atoms with E-state index in [2.05, 4.69) is 0 Å². The van der Waals surface area contributed by atoms with Gasteiger partial charge in [0, 0.05) is 28.2 Å². The summed E-state index contributed by atoms with van der Waals surface area (Å²) in [6, 6.07) is 6.95. The van der Waals surface area contributed by atoms with Crippen molar-refractivity contribution in [3.63, 3.8) is 0 Å². The van der Waals surface area contributed by atoms with Crippen LogP contribution in [-0.4, -0.2) is 32.8 Å². The molecule has 110 valence electrons. The molecule has 1 aliphatic rings. The summed E-state index contributed by atoms with van der Waals surface area (Å²) in [6.45, 7) is 2.45. The maximum atomic E-state index is 11.3. The quantitative estimate of drug-likeness (QED) is 0.158. The number of benzene rings is 1. The fraction of sp³-hybridized carbons (Fsp3) is 0.385. The average Bonchev–Trinajstić information content (AvgIpc) is 3.23. The molecule has 1 heterocycles. The van der Waals surface area contributed by atoms with Crippen molar-refractivity contribution >= 4 is 6.16 Å². The van der Waals surface area contributed by atoms with Crippen LogP contribution in [0.15, 0.2) is 24.3 Å². The van der Waals surface area contributed by atoms with Crippen molar-refractivity contribution in [1.29, 1.82) is 0 Å². The third-order valence-corrected chi connectivity index (χ3v) is 2.29. The van der Waals surface area contributed by atoms with Crippen LogP contribution in [0.5, 0.6) is 5.75 Å². The van der Waals surface area contributed by atoms with Gasteiger partial charge in [-0.25, -0.2) is 4.79 Å². The smallest absolute Gasteiger partial charge is 0.513 e. The SMILES string of the molecule is COCOCc1ccc(OC(=O)OCC2[CH-]O2)cc1.[W]. The topological polar surface area (TPSA) is 66.5 Å². The first kappa shape index (κ1) is 17.1. The molecule has 0 amide bonds. The Hall–Kier alpha value is -0.942. The molecule has 0 radical (unpaired) electrons. The van der Waals surface area contributed by atoms with E-state index in [1.54, 1.807) is 38.0 Å². The molecule has 0 aromatic heterocycles. The molecule has 0 N–H and O–H groups in total. The molecule has 0 bridgehead atoms. The first-order chi connectivity index (χ1) is 9.28. The van der Waals surface area contributed by atoms with Crippen LogP contribution in [0.3, 0.4) is 0 Å². The standard InChI is InChI=1S/C13H15O6.W/c1-15-9-16-6-10-2-4-11(5-3-10)19-13(14)18-8-12-7-17-12;/h2-5,7,12H,6,8-9H2,1H3;/q-1;. The van der Waals surface area contributed by atoms with Gasteiger partial charge in [0.25, 0.3) is 0 Å². The molecule has 1 aromatic carbocycles. The Kier molecular flexibility index (Phi) is 7.77. The van der Waals surface area contributed by atoms with Crippen molar-refractivity contribution in [2.45, 2.75) is 12.7 Å². The average molecular weight is 451 g/mol. The zero-order valence-electron chi connectivity index (χ0n) is 10.9. The van der Waals surface area contributed by atoms with E-state index in [1.165, 1.54) is 0 Å². The zero-order valence-corrected chi connectivity index (χ0v) is 13.9. The minimum absolute atomic E-state index is 0. The van der Waals surface area contributed by atoms with Crippen molar-refractivity contribution < 1.29 is 49.5 Å². The van der Waals surface area contributed by atoms with E-state index in [9.17, 15) is 4.79 Å². The maximum absolute atomic E-state index is 11.3. The molecule has 0 spiro atoms. The number of methoxy groups -OCH3 is 1. The molecule has 1 saturated heterocycles. The minimum Gasteiger partial charge on any atom is -0.567 e. The third kappa shape index (κ3) is 6.48. The molecular formula is C13H15O6W-. The summed E-state index contributed by atoms with van der Waals surface area (Å²) in [4.78, 5) is 11.3. The van der Waals surface area contributed by atoms with Gasteiger partial charge < -0.3 is 23.7 Å². The van der Waals surface area contributed by atoms with E-state index in [0.29, 0.717) is 12.4 Å². The van der Waals surface area contributed by atoms with Gasteiger partial charge in [-0.05, 0) is 23.8 Å². The zero-order chi connectivity index (χ0) is 13.5. The first-order valence-corrected chi connectivity index (χ1v) is 5.77. The molecule has 20 heavy (non-hydrogen) atoms. The summed E-state index contributed by atoms with van der Waals surface area (Å²) in [5, 5.41) is 0. The van der Waals surface area contributed by atoms with Gasteiger partial charge in [0.05, 0.1) is 13.2 Å². The Balaban J connectivity index is 0.00000200. The summed E-state index contributed by atoms with van der Waals surface area (Å²) in [5.74, 6) is 0.418. The molecule has 2 rings (SSSR count). The molecule has 1 fully saturated rings. The van der Waals surface area contributed by atoms with Gasteiger partial charge in [0.1, 0.15) is 12.5 Å². The third-order valence-electron chi connectivity index (χ3n) is 2.29. The number of epoxide rings is 1. The van der Waals surface area contributed by atoms with E-state index in [-0.39, 0.29) is 40.6 Å². The normalized spacial score (nSPS) is 16.1. The van der Waals surface area contributed by atoms with E-state index in [0.717, 1.165) is 5.56 Å². The Morgan fingerprint density at radius 1 is 1.35 bits per heavy atom. The van der Waals surface area contributed by atoms with Gasteiger partial charge in [-0.3, -0.25) is 0 Å². The Bertz CT molecular complexity index is 404. The Labute approximate surface area is 131 Å². The number of hydrogen-bond donors (Lipinski definition) is 0. The van der Waals surface area contributed by atoms with Crippen molar-refractivity contribution in [1.82, 2.24) is 0 Å². The number of hydrogen-bond acceptors (Lipinski definition) is 6. The predicted octanol–water partition coefficient (Wildman–Crippen LogP) is 1.88. The van der Waals surface area contributed by atoms with E-state index in [4.69, 9.17) is 23.7 Å². The van der Waals surface area contributed by atoms with Crippen LogP contribution in [-0.2, 0) is 46.6 Å². The first-order valence-electron chi connectivity index (χ1n) is 5.77. The van der Waals surface area contributed by atoms with E-state index in [1.807, 2.05) is 0 Å². The molecule has 1 aliphatic heterocycles. The fourth-order valence-electron chi connectivity index (χ4n) is 1.31. The molecule has 1 unspecified atom stereocenters. The van der Waals surface area contributed by atoms with Gasteiger partial charge in [0.2, 0.25) is 0 Å². The van der Waals surface area contributed by atoms with Crippen LogP contribution in [0, 0.1) is 6.61 Å². The predicted molar refractivity (Wildman–Crippen MR) is 64.3 cm³/mol. The Morgan fingerprint density at radius 2 is 2.05 bits per heavy atom. The Morgan fingerprint density at radius 3 is 2.65 bits per heavy atom. The monoisotopic (exact) mass is 451 g/mol. The number of ether oxygens (including phenoxy) is 5. The van der Waals surface area contributed by atoms with Crippen molar-refractivity contribution in [2.75, 3.05) is 20.5 Å². The molecule has 6 nitrogen and oxygen atoms in total. The van der Waals surface area contributed by atoms with Crippen LogP contribution < -0.4 is 4.74 Å². The molecular weight excluding hydrogens is 436 g/mol. The minimum atomic E-state index is -0.743.